The number of amides is 1. The van der Waals surface area contributed by atoms with Gasteiger partial charge in [0, 0.05) is 29.4 Å². The van der Waals surface area contributed by atoms with E-state index in [1.54, 1.807) is 12.4 Å². The van der Waals surface area contributed by atoms with Gasteiger partial charge in [-0.3, -0.25) is 9.78 Å². The Morgan fingerprint density at radius 3 is 2.87 bits per heavy atom. The molecule has 4 atom stereocenters. The second kappa shape index (κ2) is 4.97. The van der Waals surface area contributed by atoms with Crippen LogP contribution in [0.1, 0.15) is 44.1 Å². The Morgan fingerprint density at radius 2 is 2.22 bits per heavy atom. The fourth-order valence-electron chi connectivity index (χ4n) is 4.75. The zero-order valence-electron chi connectivity index (χ0n) is 13.7. The van der Waals surface area contributed by atoms with Crippen molar-refractivity contribution in [2.45, 2.75) is 39.7 Å². The Hall–Kier alpha value is -1.55. The molecular weight excluding hydrogens is 310 g/mol. The molecule has 4 nitrogen and oxygen atoms in total. The molecule has 0 unspecified atom stereocenters. The maximum absolute atomic E-state index is 12.7. The van der Waals surface area contributed by atoms with Crippen molar-refractivity contribution >= 4 is 28.6 Å². The molecule has 1 amide bonds. The van der Waals surface area contributed by atoms with Crippen LogP contribution >= 0.6 is 11.8 Å². The third-order valence-electron chi connectivity index (χ3n) is 6.45. The lowest BCUT2D eigenvalue weighted by Gasteiger charge is -2.62. The summed E-state index contributed by atoms with van der Waals surface area (Å²) in [6.45, 7) is 7.00. The Bertz CT molecular complexity index is 782. The van der Waals surface area contributed by atoms with Gasteiger partial charge in [-0.05, 0) is 48.1 Å². The molecule has 0 saturated heterocycles. The Balaban J connectivity index is 1.55. The fourth-order valence-corrected chi connectivity index (χ4v) is 5.02. The molecule has 2 heterocycles. The van der Waals surface area contributed by atoms with Crippen LogP contribution in [0, 0.1) is 23.2 Å². The number of carbonyl (C=O) groups is 1. The summed E-state index contributed by atoms with van der Waals surface area (Å²) in [6, 6.07) is 3.94. The first-order valence-electron chi connectivity index (χ1n) is 8.32. The molecule has 3 aliphatic carbocycles. The molecule has 5 heteroatoms. The number of aromatic nitrogens is 2. The van der Waals surface area contributed by atoms with Gasteiger partial charge in [0.1, 0.15) is 5.69 Å². The number of nitrogens with one attached hydrogen (secondary N) is 1. The van der Waals surface area contributed by atoms with Crippen molar-refractivity contribution in [3.8, 4) is 0 Å². The first kappa shape index (κ1) is 15.0. The standard InChI is InChI=1S/C18H22ClN3O/c1-10-13-7-12(18(13,2)3)8-14(10)21-17(23)15-6-11-4-5-20-9-16(11)22(15)19/h4-6,9-10,12-14H,7-8H2,1-3H3,(H,21,23)/t10-,12+,13-,14-/m0/s1. The highest BCUT2D eigenvalue weighted by atomic mass is 35.5. The van der Waals surface area contributed by atoms with Crippen LogP contribution in [0.4, 0.5) is 0 Å². The number of hydrogen-bond donors (Lipinski definition) is 1. The summed E-state index contributed by atoms with van der Waals surface area (Å²) in [7, 11) is 0. The summed E-state index contributed by atoms with van der Waals surface area (Å²) in [5, 5.41) is 4.15. The highest BCUT2D eigenvalue weighted by Crippen LogP contribution is 2.61. The predicted molar refractivity (Wildman–Crippen MR) is 91.4 cm³/mol. The number of carbonyl (C=O) groups excluding carboxylic acids is 1. The largest absolute Gasteiger partial charge is 0.348 e. The van der Waals surface area contributed by atoms with Crippen LogP contribution in [-0.2, 0) is 0 Å². The second-order valence-corrected chi connectivity index (χ2v) is 8.12. The third-order valence-corrected chi connectivity index (χ3v) is 6.82. The zero-order valence-corrected chi connectivity index (χ0v) is 14.5. The van der Waals surface area contributed by atoms with E-state index in [1.165, 1.54) is 10.5 Å². The van der Waals surface area contributed by atoms with Gasteiger partial charge in [0.05, 0.1) is 11.7 Å². The van der Waals surface area contributed by atoms with E-state index in [0.29, 0.717) is 22.9 Å². The van der Waals surface area contributed by atoms with Crippen LogP contribution in [0.15, 0.2) is 24.5 Å². The van der Waals surface area contributed by atoms with E-state index in [1.807, 2.05) is 12.1 Å². The van der Waals surface area contributed by atoms with Crippen LogP contribution in [0.25, 0.3) is 10.9 Å². The number of halogens is 1. The van der Waals surface area contributed by atoms with Crippen LogP contribution in [-0.4, -0.2) is 21.0 Å². The molecule has 0 aliphatic heterocycles. The normalized spacial score (nSPS) is 31.7. The van der Waals surface area contributed by atoms with Gasteiger partial charge in [0.15, 0.2) is 0 Å². The van der Waals surface area contributed by atoms with Crippen molar-refractivity contribution in [3.63, 3.8) is 0 Å². The van der Waals surface area contributed by atoms with Crippen molar-refractivity contribution in [3.05, 3.63) is 30.2 Å². The molecule has 0 aromatic carbocycles. The minimum atomic E-state index is -0.0906. The highest BCUT2D eigenvalue weighted by Gasteiger charge is 2.56. The topological polar surface area (TPSA) is 46.9 Å². The lowest BCUT2D eigenvalue weighted by molar-refractivity contribution is -0.113. The summed E-state index contributed by atoms with van der Waals surface area (Å²) in [4.78, 5) is 16.8. The van der Waals surface area contributed by atoms with Crippen LogP contribution in [0.5, 0.6) is 0 Å². The monoisotopic (exact) mass is 331 g/mol. The van der Waals surface area contributed by atoms with Gasteiger partial charge in [-0.25, -0.2) is 4.09 Å². The summed E-state index contributed by atoms with van der Waals surface area (Å²) in [5.41, 5.74) is 1.67. The van der Waals surface area contributed by atoms with E-state index in [9.17, 15) is 4.79 Å². The summed E-state index contributed by atoms with van der Waals surface area (Å²) >= 11 is 6.30. The van der Waals surface area contributed by atoms with Crippen molar-refractivity contribution in [2.24, 2.45) is 23.2 Å². The molecule has 0 radical (unpaired) electrons. The van der Waals surface area contributed by atoms with Gasteiger partial charge in [-0.1, -0.05) is 20.8 Å². The molecule has 3 aliphatic rings. The number of nitrogens with zero attached hydrogens (tertiary/aromatic N) is 2. The SMILES string of the molecule is C[C@@H]1[C@@H](NC(=O)c2cc3ccncc3n2Cl)C[C@H]2C[C@@H]1C2(C)C. The Morgan fingerprint density at radius 1 is 1.43 bits per heavy atom. The molecule has 3 fully saturated rings. The van der Waals surface area contributed by atoms with Crippen molar-refractivity contribution in [1.29, 1.82) is 0 Å². The molecule has 23 heavy (non-hydrogen) atoms. The van der Waals surface area contributed by atoms with Crippen molar-refractivity contribution < 1.29 is 4.79 Å². The predicted octanol–water partition coefficient (Wildman–Crippen LogP) is 3.84. The molecule has 2 aromatic rings. The number of fused-ring (bicyclic) bond motifs is 3. The highest BCUT2D eigenvalue weighted by molar-refractivity contribution is 6.22. The second-order valence-electron chi connectivity index (χ2n) is 7.78. The van der Waals surface area contributed by atoms with Gasteiger partial charge in [-0.15, -0.1) is 0 Å². The average molecular weight is 332 g/mol. The smallest absolute Gasteiger partial charge is 0.269 e. The molecule has 2 bridgehead atoms. The minimum Gasteiger partial charge on any atom is -0.348 e. The quantitative estimate of drug-likeness (QED) is 0.908. The Labute approximate surface area is 141 Å². The third kappa shape index (κ3) is 2.11. The van der Waals surface area contributed by atoms with Gasteiger partial charge in [0.2, 0.25) is 0 Å². The number of rotatable bonds is 2. The summed E-state index contributed by atoms with van der Waals surface area (Å²) in [6.07, 6.45) is 5.77. The lowest BCUT2D eigenvalue weighted by atomic mass is 9.45. The van der Waals surface area contributed by atoms with Crippen molar-refractivity contribution in [1.82, 2.24) is 14.4 Å². The number of pyridine rings is 1. The summed E-state index contributed by atoms with van der Waals surface area (Å²) in [5.74, 6) is 1.85. The van der Waals surface area contributed by atoms with E-state index in [-0.39, 0.29) is 11.9 Å². The molecule has 2 aromatic heterocycles. The lowest BCUT2D eigenvalue weighted by Crippen LogP contribution is -2.60. The summed E-state index contributed by atoms with van der Waals surface area (Å²) < 4.78 is 1.41. The van der Waals surface area contributed by atoms with Gasteiger partial charge in [-0.2, -0.15) is 0 Å². The molecular formula is C18H22ClN3O. The van der Waals surface area contributed by atoms with E-state index in [2.05, 4.69) is 31.1 Å². The van der Waals surface area contributed by atoms with Crippen LogP contribution in [0.2, 0.25) is 0 Å². The van der Waals surface area contributed by atoms with Gasteiger partial charge < -0.3 is 5.32 Å². The number of hydrogen-bond acceptors (Lipinski definition) is 2. The molecule has 1 N–H and O–H groups in total. The van der Waals surface area contributed by atoms with E-state index < -0.39 is 0 Å². The van der Waals surface area contributed by atoms with Gasteiger partial charge >= 0.3 is 0 Å². The maximum Gasteiger partial charge on any atom is 0.269 e. The molecule has 0 spiro atoms. The van der Waals surface area contributed by atoms with Crippen LogP contribution in [0.3, 0.4) is 0 Å². The maximum atomic E-state index is 12.7. The average Bonchev–Trinajstić information content (AvgIpc) is 2.86. The first-order valence-corrected chi connectivity index (χ1v) is 8.66. The fraction of sp³-hybridized carbons (Fsp3) is 0.556. The zero-order chi connectivity index (χ0) is 16.4. The van der Waals surface area contributed by atoms with Gasteiger partial charge in [0.25, 0.3) is 5.91 Å². The molecule has 3 saturated carbocycles. The minimum absolute atomic E-state index is 0.0906. The van der Waals surface area contributed by atoms with Crippen LogP contribution < -0.4 is 5.32 Å². The molecule has 5 rings (SSSR count). The van der Waals surface area contributed by atoms with E-state index in [0.717, 1.165) is 23.2 Å². The molecule has 122 valence electrons. The van der Waals surface area contributed by atoms with Crippen molar-refractivity contribution in [2.75, 3.05) is 0 Å². The van der Waals surface area contributed by atoms with E-state index in [4.69, 9.17) is 11.8 Å². The Kier molecular flexibility index (Phi) is 3.24. The van der Waals surface area contributed by atoms with E-state index >= 15 is 0 Å². The first-order chi connectivity index (χ1) is 10.9.